The van der Waals surface area contributed by atoms with E-state index in [9.17, 15) is 4.79 Å². The Labute approximate surface area is 218 Å². The molecule has 0 fully saturated rings. The smallest absolute Gasteiger partial charge is 0.255 e. The Morgan fingerprint density at radius 1 is 1.06 bits per heavy atom. The second-order valence-electron chi connectivity index (χ2n) is 8.17. The zero-order valence-corrected chi connectivity index (χ0v) is 19.6. The molecule has 0 unspecified atom stereocenters. The highest BCUT2D eigenvalue weighted by Crippen LogP contribution is 2.24. The number of carbonyl (C=O) groups excluding carboxylic acids is 1. The fraction of sp³-hybridized carbons (Fsp3) is 0.103. The van der Waals surface area contributed by atoms with Gasteiger partial charge in [0.15, 0.2) is 0 Å². The maximum absolute atomic E-state index is 13.4. The molecule has 0 radical (unpaired) electrons. The molecule has 0 aliphatic rings. The normalized spacial score (nSPS) is 13.5. The van der Waals surface area contributed by atoms with Crippen molar-refractivity contribution < 1.29 is 13.0 Å². The lowest BCUT2D eigenvalue weighted by molar-refractivity contribution is 0.102. The Morgan fingerprint density at radius 2 is 1.97 bits per heavy atom. The van der Waals surface area contributed by atoms with E-state index in [-0.39, 0.29) is 52.3 Å². The Bertz CT molecular complexity index is 1800. The molecule has 3 aromatic heterocycles. The van der Waals surface area contributed by atoms with Gasteiger partial charge in [-0.05, 0) is 91.9 Å². The summed E-state index contributed by atoms with van der Waals surface area (Å²) >= 11 is 0. The van der Waals surface area contributed by atoms with E-state index in [1.165, 1.54) is 24.4 Å². The summed E-state index contributed by atoms with van der Waals surface area (Å²) in [4.78, 5) is 26.2. The van der Waals surface area contributed by atoms with Crippen LogP contribution in [0.5, 0.6) is 0 Å². The number of aromatic nitrogens is 4. The fourth-order valence-electron chi connectivity index (χ4n) is 3.60. The third kappa shape index (κ3) is 5.15. The molecular weight excluding hydrogens is 448 g/mol. The molecule has 0 saturated heterocycles. The number of amides is 1. The second-order valence-corrected chi connectivity index (χ2v) is 8.17. The van der Waals surface area contributed by atoms with Gasteiger partial charge in [0, 0.05) is 63.3 Å². The quantitative estimate of drug-likeness (QED) is 0.300. The molecule has 2 aromatic carbocycles. The minimum atomic E-state index is -2.51. The van der Waals surface area contributed by atoms with Crippen LogP contribution in [-0.4, -0.2) is 25.4 Å². The van der Waals surface area contributed by atoms with Gasteiger partial charge in [-0.2, -0.15) is 0 Å². The molecule has 2 N–H and O–H groups in total. The summed E-state index contributed by atoms with van der Waals surface area (Å²) in [7, 11) is 0. The van der Waals surface area contributed by atoms with Gasteiger partial charge >= 0.3 is 0 Å². The van der Waals surface area contributed by atoms with Crippen molar-refractivity contribution in [3.63, 3.8) is 0 Å². The number of pyridine rings is 1. The van der Waals surface area contributed by atoms with Crippen molar-refractivity contribution in [2.45, 2.75) is 20.7 Å². The van der Waals surface area contributed by atoms with E-state index < -0.39 is 12.8 Å². The molecule has 7 heteroatoms. The first-order chi connectivity index (χ1) is 19.9. The van der Waals surface area contributed by atoms with Crippen LogP contribution in [0.4, 0.5) is 17.3 Å². The number of aryl methyl sites for hydroxylation is 2. The molecule has 0 aliphatic carbocycles. The number of nitrogens with one attached hydrogen (secondary N) is 2. The molecule has 0 bridgehead atoms. The maximum atomic E-state index is 13.4. The summed E-state index contributed by atoms with van der Waals surface area (Å²) in [6.45, 7) is 0.963. The lowest BCUT2D eigenvalue weighted by Crippen LogP contribution is -2.13. The fourth-order valence-corrected chi connectivity index (χ4v) is 3.60. The van der Waals surface area contributed by atoms with Gasteiger partial charge in [-0.15, -0.1) is 0 Å². The van der Waals surface area contributed by atoms with Gasteiger partial charge in [0.1, 0.15) is 0 Å². The first-order valence-corrected chi connectivity index (χ1v) is 11.2. The van der Waals surface area contributed by atoms with Crippen molar-refractivity contribution in [1.82, 2.24) is 19.5 Å². The highest BCUT2D eigenvalue weighted by Gasteiger charge is 2.12. The number of anilines is 3. The van der Waals surface area contributed by atoms with E-state index in [0.29, 0.717) is 11.3 Å². The van der Waals surface area contributed by atoms with E-state index in [2.05, 4.69) is 25.6 Å². The van der Waals surface area contributed by atoms with Crippen molar-refractivity contribution in [3.05, 3.63) is 114 Å². The molecule has 0 aliphatic heterocycles. The van der Waals surface area contributed by atoms with Crippen LogP contribution in [0.25, 0.3) is 16.9 Å². The summed E-state index contributed by atoms with van der Waals surface area (Å²) in [6, 6.07) is 10.9. The Morgan fingerprint density at radius 3 is 2.75 bits per heavy atom. The van der Waals surface area contributed by atoms with Crippen LogP contribution in [0.15, 0.2) is 91.6 Å². The lowest BCUT2D eigenvalue weighted by Gasteiger charge is -2.13. The Hall–Kier alpha value is -4.78. The molecule has 0 atom stereocenters. The van der Waals surface area contributed by atoms with Crippen LogP contribution in [0, 0.1) is 20.7 Å². The van der Waals surface area contributed by atoms with E-state index >= 15 is 0 Å². The third-order valence-electron chi connectivity index (χ3n) is 5.34. The van der Waals surface area contributed by atoms with Crippen molar-refractivity contribution in [3.8, 4) is 16.9 Å². The molecular formula is C29H26N6O. The van der Waals surface area contributed by atoms with E-state index in [1.807, 2.05) is 19.1 Å². The molecule has 0 saturated carbocycles. The molecule has 178 valence electrons. The summed E-state index contributed by atoms with van der Waals surface area (Å²) in [5, 5.41) is 5.58. The van der Waals surface area contributed by atoms with Crippen molar-refractivity contribution >= 4 is 23.2 Å². The van der Waals surface area contributed by atoms with Gasteiger partial charge in [0.05, 0.1) is 9.81 Å². The SMILES string of the molecule is [2H]c1c(C)c([2H])c(-n2ccc(C)c2)c([2H])c1NC(=O)c1ccc(C([2H])([2H])[2H])c(Nc2nccc(-c3cccnc3)n2)c1. The number of nitrogens with zero attached hydrogens (tertiary/aromatic N) is 4. The number of carbonyl (C=O) groups is 1. The predicted molar refractivity (Wildman–Crippen MR) is 143 cm³/mol. The molecule has 3 heterocycles. The van der Waals surface area contributed by atoms with Crippen molar-refractivity contribution in [2.75, 3.05) is 10.6 Å². The standard InChI is InChI=1S/C29H26N6O/c1-19-9-12-35(18-19)25-14-20(2)13-24(16-25)32-28(36)22-7-6-21(3)27(15-22)34-29-31-11-8-26(33-29)23-5-4-10-30-17-23/h4-18H,1-3H3,(H,32,36)(H,31,33,34)/i3D3,13D,14D,16D. The minimum Gasteiger partial charge on any atom is -0.324 e. The van der Waals surface area contributed by atoms with Gasteiger partial charge in [-0.1, -0.05) is 6.07 Å². The summed E-state index contributed by atoms with van der Waals surface area (Å²) in [5.74, 6) is -0.538. The first kappa shape index (κ1) is 16.8. The van der Waals surface area contributed by atoms with Gasteiger partial charge in [0.25, 0.3) is 5.91 Å². The van der Waals surface area contributed by atoms with Crippen LogP contribution >= 0.6 is 0 Å². The zero-order valence-electron chi connectivity index (χ0n) is 25.6. The summed E-state index contributed by atoms with van der Waals surface area (Å²) in [5.41, 5.74) is 2.85. The van der Waals surface area contributed by atoms with Crippen LogP contribution in [0.1, 0.15) is 35.3 Å². The van der Waals surface area contributed by atoms with Gasteiger partial charge in [0.2, 0.25) is 5.95 Å². The van der Waals surface area contributed by atoms with Crippen molar-refractivity contribution in [1.29, 1.82) is 0 Å². The third-order valence-corrected chi connectivity index (χ3v) is 5.34. The highest BCUT2D eigenvalue weighted by molar-refractivity contribution is 6.05. The van der Waals surface area contributed by atoms with E-state index in [1.54, 1.807) is 48.4 Å². The second kappa shape index (κ2) is 9.84. The molecule has 0 spiro atoms. The molecule has 7 nitrogen and oxygen atoms in total. The topological polar surface area (TPSA) is 84.7 Å². The Balaban J connectivity index is 1.51. The van der Waals surface area contributed by atoms with Crippen LogP contribution in [0.2, 0.25) is 0 Å². The first-order valence-electron chi connectivity index (χ1n) is 14.2. The van der Waals surface area contributed by atoms with Gasteiger partial charge < -0.3 is 15.2 Å². The minimum absolute atomic E-state index is 0.0145. The molecule has 1 amide bonds. The Kier molecular flexibility index (Phi) is 4.58. The van der Waals surface area contributed by atoms with Gasteiger partial charge in [-0.3, -0.25) is 9.78 Å². The predicted octanol–water partition coefficient (Wildman–Crippen LogP) is 6.25. The van der Waals surface area contributed by atoms with Crippen molar-refractivity contribution in [2.24, 2.45) is 0 Å². The maximum Gasteiger partial charge on any atom is 0.255 e. The monoisotopic (exact) mass is 480 g/mol. The zero-order chi connectivity index (χ0) is 30.2. The summed E-state index contributed by atoms with van der Waals surface area (Å²) < 4.78 is 51.4. The van der Waals surface area contributed by atoms with Crippen LogP contribution in [-0.2, 0) is 0 Å². The van der Waals surface area contributed by atoms with E-state index in [0.717, 1.165) is 11.1 Å². The van der Waals surface area contributed by atoms with E-state index in [4.69, 9.17) is 8.22 Å². The van der Waals surface area contributed by atoms with Crippen LogP contribution in [0.3, 0.4) is 0 Å². The van der Waals surface area contributed by atoms with Gasteiger partial charge in [-0.25, -0.2) is 9.97 Å². The number of rotatable bonds is 6. The number of benzene rings is 2. The summed E-state index contributed by atoms with van der Waals surface area (Å²) in [6.07, 6.45) is 8.28. The number of hydrogen-bond acceptors (Lipinski definition) is 5. The number of hydrogen-bond donors (Lipinski definition) is 2. The largest absolute Gasteiger partial charge is 0.324 e. The average molecular weight is 481 g/mol. The molecule has 36 heavy (non-hydrogen) atoms. The molecule has 5 aromatic rings. The average Bonchev–Trinajstić information content (AvgIpc) is 3.39. The molecule has 5 rings (SSSR count). The highest BCUT2D eigenvalue weighted by atomic mass is 16.1. The lowest BCUT2D eigenvalue weighted by atomic mass is 10.1. The van der Waals surface area contributed by atoms with Crippen LogP contribution < -0.4 is 10.6 Å².